The normalized spacial score (nSPS) is 20.2. The van der Waals surface area contributed by atoms with Gasteiger partial charge in [0, 0.05) is 10.9 Å². The van der Waals surface area contributed by atoms with Crippen LogP contribution in [0.4, 0.5) is 0 Å². The van der Waals surface area contributed by atoms with Gasteiger partial charge >= 0.3 is 0 Å². The Morgan fingerprint density at radius 3 is 2.92 bits per heavy atom. The lowest BCUT2D eigenvalue weighted by molar-refractivity contribution is 0.179. The van der Waals surface area contributed by atoms with Gasteiger partial charge in [-0.15, -0.1) is 0 Å². The van der Waals surface area contributed by atoms with Gasteiger partial charge in [0.1, 0.15) is 11.9 Å². The molecule has 0 saturated carbocycles. The second kappa shape index (κ2) is 3.33. The second-order valence-corrected chi connectivity index (χ2v) is 4.77. The largest absolute Gasteiger partial charge is 0.490 e. The Balaban J connectivity index is 2.25. The summed E-state index contributed by atoms with van der Waals surface area (Å²) in [5.41, 5.74) is 1.33. The average Bonchev–Trinajstić information content (AvgIpc) is 2.46. The topological polar surface area (TPSA) is 9.23 Å². The van der Waals surface area contributed by atoms with Crippen molar-refractivity contribution in [3.8, 4) is 5.75 Å². The van der Waals surface area contributed by atoms with Gasteiger partial charge in [0.2, 0.25) is 0 Å². The standard InChI is InChI=1S/C11H13BrO/c1-7(2)11-6-8-5-9(12)3-4-10(8)13-11/h3-5,7,11H,6H2,1-2H3. The van der Waals surface area contributed by atoms with Crippen molar-refractivity contribution < 1.29 is 4.74 Å². The number of benzene rings is 1. The van der Waals surface area contributed by atoms with E-state index < -0.39 is 0 Å². The van der Waals surface area contributed by atoms with Crippen LogP contribution in [-0.2, 0) is 6.42 Å². The molecule has 1 aromatic rings. The molecule has 0 bridgehead atoms. The van der Waals surface area contributed by atoms with E-state index in [1.165, 1.54) is 5.56 Å². The van der Waals surface area contributed by atoms with Gasteiger partial charge in [0.05, 0.1) is 0 Å². The molecule has 0 radical (unpaired) electrons. The Morgan fingerprint density at radius 2 is 2.23 bits per heavy atom. The third-order valence-corrected chi connectivity index (χ3v) is 2.96. The fourth-order valence-electron chi connectivity index (χ4n) is 1.62. The summed E-state index contributed by atoms with van der Waals surface area (Å²) < 4.78 is 6.94. The van der Waals surface area contributed by atoms with Crippen LogP contribution in [0.25, 0.3) is 0 Å². The number of fused-ring (bicyclic) bond motifs is 1. The van der Waals surface area contributed by atoms with E-state index in [2.05, 4.69) is 35.8 Å². The lowest BCUT2D eigenvalue weighted by atomic mass is 10.0. The third-order valence-electron chi connectivity index (χ3n) is 2.47. The van der Waals surface area contributed by atoms with Crippen molar-refractivity contribution in [3.05, 3.63) is 28.2 Å². The van der Waals surface area contributed by atoms with E-state index in [0.29, 0.717) is 12.0 Å². The molecule has 1 aliphatic rings. The van der Waals surface area contributed by atoms with Gasteiger partial charge in [0.15, 0.2) is 0 Å². The van der Waals surface area contributed by atoms with E-state index in [4.69, 9.17) is 4.74 Å². The molecule has 0 fully saturated rings. The monoisotopic (exact) mass is 240 g/mol. The summed E-state index contributed by atoms with van der Waals surface area (Å²) in [6.45, 7) is 4.40. The first kappa shape index (κ1) is 9.07. The van der Waals surface area contributed by atoms with Crippen LogP contribution in [0.2, 0.25) is 0 Å². The van der Waals surface area contributed by atoms with Crippen molar-refractivity contribution in [1.82, 2.24) is 0 Å². The zero-order chi connectivity index (χ0) is 9.42. The highest BCUT2D eigenvalue weighted by Crippen LogP contribution is 2.33. The van der Waals surface area contributed by atoms with E-state index in [1.807, 2.05) is 12.1 Å². The summed E-state index contributed by atoms with van der Waals surface area (Å²) in [7, 11) is 0. The van der Waals surface area contributed by atoms with Crippen LogP contribution < -0.4 is 4.74 Å². The lowest BCUT2D eigenvalue weighted by Crippen LogP contribution is -2.19. The minimum Gasteiger partial charge on any atom is -0.490 e. The van der Waals surface area contributed by atoms with Crippen molar-refractivity contribution in [2.45, 2.75) is 26.4 Å². The summed E-state index contributed by atoms with van der Waals surface area (Å²) >= 11 is 3.47. The molecule has 0 saturated heterocycles. The summed E-state index contributed by atoms with van der Waals surface area (Å²) in [5.74, 6) is 1.65. The van der Waals surface area contributed by atoms with E-state index in [0.717, 1.165) is 16.6 Å². The molecule has 1 atom stereocenters. The SMILES string of the molecule is CC(C)C1Cc2cc(Br)ccc2O1. The zero-order valence-corrected chi connectivity index (χ0v) is 9.47. The Kier molecular flexibility index (Phi) is 2.33. The van der Waals surface area contributed by atoms with Gasteiger partial charge in [-0.1, -0.05) is 29.8 Å². The summed E-state index contributed by atoms with van der Waals surface area (Å²) in [6, 6.07) is 6.22. The number of halogens is 1. The van der Waals surface area contributed by atoms with Crippen LogP contribution in [-0.4, -0.2) is 6.10 Å². The van der Waals surface area contributed by atoms with Crippen LogP contribution in [0, 0.1) is 5.92 Å². The van der Waals surface area contributed by atoms with Gasteiger partial charge < -0.3 is 4.74 Å². The Hall–Kier alpha value is -0.500. The highest BCUT2D eigenvalue weighted by atomic mass is 79.9. The van der Waals surface area contributed by atoms with E-state index in [9.17, 15) is 0 Å². The number of rotatable bonds is 1. The summed E-state index contributed by atoms with van der Waals surface area (Å²) in [4.78, 5) is 0. The molecule has 1 heterocycles. The first-order valence-corrected chi connectivity index (χ1v) is 5.41. The minimum atomic E-state index is 0.365. The molecule has 2 rings (SSSR count). The molecular formula is C11H13BrO. The predicted octanol–water partition coefficient (Wildman–Crippen LogP) is 3.41. The quantitative estimate of drug-likeness (QED) is 0.732. The smallest absolute Gasteiger partial charge is 0.123 e. The summed E-state index contributed by atoms with van der Waals surface area (Å²) in [5, 5.41) is 0. The van der Waals surface area contributed by atoms with Gasteiger partial charge in [-0.05, 0) is 29.7 Å². The van der Waals surface area contributed by atoms with Crippen molar-refractivity contribution in [1.29, 1.82) is 0 Å². The fourth-order valence-corrected chi connectivity index (χ4v) is 2.02. The molecule has 1 nitrogen and oxygen atoms in total. The molecule has 0 N–H and O–H groups in total. The van der Waals surface area contributed by atoms with Crippen molar-refractivity contribution in [2.75, 3.05) is 0 Å². The number of ether oxygens (including phenoxy) is 1. The van der Waals surface area contributed by atoms with E-state index in [-0.39, 0.29) is 0 Å². The van der Waals surface area contributed by atoms with E-state index >= 15 is 0 Å². The van der Waals surface area contributed by atoms with Crippen LogP contribution in [0.15, 0.2) is 22.7 Å². The van der Waals surface area contributed by atoms with Gasteiger partial charge in [-0.25, -0.2) is 0 Å². The Bertz CT molecular complexity index is 320. The van der Waals surface area contributed by atoms with Crippen LogP contribution >= 0.6 is 15.9 Å². The molecule has 1 aromatic carbocycles. The van der Waals surface area contributed by atoms with Gasteiger partial charge in [0.25, 0.3) is 0 Å². The van der Waals surface area contributed by atoms with Crippen molar-refractivity contribution >= 4 is 15.9 Å². The second-order valence-electron chi connectivity index (χ2n) is 3.86. The van der Waals surface area contributed by atoms with E-state index in [1.54, 1.807) is 0 Å². The first-order valence-electron chi connectivity index (χ1n) is 4.62. The molecular weight excluding hydrogens is 228 g/mol. The minimum absolute atomic E-state index is 0.365. The third kappa shape index (κ3) is 1.73. The predicted molar refractivity (Wildman–Crippen MR) is 57.1 cm³/mol. The van der Waals surface area contributed by atoms with Gasteiger partial charge in [-0.3, -0.25) is 0 Å². The molecule has 0 aromatic heterocycles. The fraction of sp³-hybridized carbons (Fsp3) is 0.455. The maximum absolute atomic E-state index is 5.80. The molecule has 70 valence electrons. The highest BCUT2D eigenvalue weighted by molar-refractivity contribution is 9.10. The van der Waals surface area contributed by atoms with Crippen LogP contribution in [0.3, 0.4) is 0 Å². The molecule has 1 aliphatic heterocycles. The maximum Gasteiger partial charge on any atom is 0.123 e. The van der Waals surface area contributed by atoms with Crippen LogP contribution in [0.1, 0.15) is 19.4 Å². The molecule has 2 heteroatoms. The molecule has 0 amide bonds. The number of hydrogen-bond donors (Lipinski definition) is 0. The Morgan fingerprint density at radius 1 is 1.46 bits per heavy atom. The summed E-state index contributed by atoms with van der Waals surface area (Å²) in [6.07, 6.45) is 1.41. The van der Waals surface area contributed by atoms with Crippen LogP contribution in [0.5, 0.6) is 5.75 Å². The molecule has 0 aliphatic carbocycles. The zero-order valence-electron chi connectivity index (χ0n) is 7.88. The molecule has 1 unspecified atom stereocenters. The lowest BCUT2D eigenvalue weighted by Gasteiger charge is -2.13. The molecule has 0 spiro atoms. The van der Waals surface area contributed by atoms with Crippen molar-refractivity contribution in [2.24, 2.45) is 5.92 Å². The highest BCUT2D eigenvalue weighted by Gasteiger charge is 2.25. The Labute approximate surface area is 87.2 Å². The maximum atomic E-state index is 5.80. The van der Waals surface area contributed by atoms with Gasteiger partial charge in [-0.2, -0.15) is 0 Å². The first-order chi connectivity index (χ1) is 6.16. The average molecular weight is 241 g/mol. The molecule has 13 heavy (non-hydrogen) atoms. The number of hydrogen-bond acceptors (Lipinski definition) is 1. The van der Waals surface area contributed by atoms with Crippen molar-refractivity contribution in [3.63, 3.8) is 0 Å².